The summed E-state index contributed by atoms with van der Waals surface area (Å²) in [5.74, 6) is -0.381. The van der Waals surface area contributed by atoms with Gasteiger partial charge in [-0.1, -0.05) is 24.3 Å². The number of carbonyl (C=O) groups excluding carboxylic acids is 3. The SMILES string of the molecule is COc1ccc2c(c1OC)C(=O)N1c3ccccc3C(=O)N(CC(=O)Nc3cccc4ncccc34)C21. The van der Waals surface area contributed by atoms with Crippen LogP contribution in [0.4, 0.5) is 11.4 Å². The van der Waals surface area contributed by atoms with Gasteiger partial charge in [-0.15, -0.1) is 0 Å². The average Bonchev–Trinajstić information content (AvgIpc) is 3.23. The Balaban J connectivity index is 1.42. The second-order valence-corrected chi connectivity index (χ2v) is 8.69. The fourth-order valence-corrected chi connectivity index (χ4v) is 5.14. The zero-order valence-corrected chi connectivity index (χ0v) is 20.1. The molecule has 4 aromatic rings. The van der Waals surface area contributed by atoms with Gasteiger partial charge in [0.15, 0.2) is 11.5 Å². The van der Waals surface area contributed by atoms with E-state index in [2.05, 4.69) is 10.3 Å². The molecule has 2 aliphatic heterocycles. The van der Waals surface area contributed by atoms with Crippen molar-refractivity contribution in [3.63, 3.8) is 0 Å². The summed E-state index contributed by atoms with van der Waals surface area (Å²) in [6.07, 6.45) is 0.870. The minimum absolute atomic E-state index is 0.272. The van der Waals surface area contributed by atoms with Crippen LogP contribution in [0, 0.1) is 0 Å². The Hall–Kier alpha value is -4.92. The zero-order chi connectivity index (χ0) is 25.7. The normalized spacial score (nSPS) is 15.8. The Morgan fingerprint density at radius 3 is 2.59 bits per heavy atom. The van der Waals surface area contributed by atoms with Crippen LogP contribution in [0.5, 0.6) is 11.5 Å². The van der Waals surface area contributed by atoms with Crippen molar-refractivity contribution in [2.45, 2.75) is 6.17 Å². The first-order chi connectivity index (χ1) is 18.0. The molecule has 0 radical (unpaired) electrons. The van der Waals surface area contributed by atoms with Gasteiger partial charge in [0.05, 0.1) is 42.2 Å². The summed E-state index contributed by atoms with van der Waals surface area (Å²) < 4.78 is 10.9. The summed E-state index contributed by atoms with van der Waals surface area (Å²) in [7, 11) is 2.96. The second-order valence-electron chi connectivity index (χ2n) is 8.69. The fraction of sp³-hybridized carbons (Fsp3) is 0.143. The molecule has 1 atom stereocenters. The van der Waals surface area contributed by atoms with Crippen LogP contribution in [0.15, 0.2) is 72.9 Å². The van der Waals surface area contributed by atoms with E-state index in [1.54, 1.807) is 65.7 Å². The van der Waals surface area contributed by atoms with Crippen LogP contribution in [0.1, 0.15) is 32.4 Å². The maximum absolute atomic E-state index is 13.8. The number of aromatic nitrogens is 1. The van der Waals surface area contributed by atoms with Crippen LogP contribution in [0.25, 0.3) is 10.9 Å². The van der Waals surface area contributed by atoms with E-state index in [0.717, 1.165) is 10.9 Å². The Kier molecular flexibility index (Phi) is 5.26. The molecule has 184 valence electrons. The van der Waals surface area contributed by atoms with Gasteiger partial charge >= 0.3 is 0 Å². The Morgan fingerprint density at radius 1 is 0.946 bits per heavy atom. The summed E-state index contributed by atoms with van der Waals surface area (Å²) in [6, 6.07) is 19.4. The van der Waals surface area contributed by atoms with Crippen LogP contribution in [-0.4, -0.2) is 48.4 Å². The standard InChI is InChI=1S/C28H22N4O5/c1-36-22-13-12-18-24(25(22)37-2)28(35)32-21-11-4-3-7-17(21)27(34)31(26(18)32)15-23(33)30-20-10-5-9-19-16(20)8-6-14-29-19/h3-14,26H,15H2,1-2H3,(H,30,33). The quantitative estimate of drug-likeness (QED) is 0.450. The maximum atomic E-state index is 13.8. The Morgan fingerprint density at radius 2 is 1.78 bits per heavy atom. The smallest absolute Gasteiger partial charge is 0.264 e. The predicted molar refractivity (Wildman–Crippen MR) is 137 cm³/mol. The first-order valence-electron chi connectivity index (χ1n) is 11.7. The molecule has 0 bridgehead atoms. The molecule has 2 aliphatic rings. The molecule has 6 rings (SSSR count). The minimum atomic E-state index is -0.815. The molecule has 3 amide bonds. The van der Waals surface area contributed by atoms with Crippen molar-refractivity contribution in [2.75, 3.05) is 31.0 Å². The summed E-state index contributed by atoms with van der Waals surface area (Å²) in [4.78, 5) is 48.1. The highest BCUT2D eigenvalue weighted by Crippen LogP contribution is 2.49. The molecule has 37 heavy (non-hydrogen) atoms. The van der Waals surface area contributed by atoms with Gasteiger partial charge in [0.1, 0.15) is 12.7 Å². The highest BCUT2D eigenvalue weighted by Gasteiger charge is 2.50. The first-order valence-corrected chi connectivity index (χ1v) is 11.7. The number of benzene rings is 3. The molecule has 1 unspecified atom stereocenters. The minimum Gasteiger partial charge on any atom is -0.493 e. The van der Waals surface area contributed by atoms with Crippen molar-refractivity contribution in [3.05, 3.63) is 89.6 Å². The lowest BCUT2D eigenvalue weighted by Gasteiger charge is -2.40. The summed E-state index contributed by atoms with van der Waals surface area (Å²) in [6.45, 7) is -0.272. The van der Waals surface area contributed by atoms with Crippen molar-refractivity contribution >= 4 is 40.0 Å². The Bertz CT molecular complexity index is 1600. The lowest BCUT2D eigenvalue weighted by Crippen LogP contribution is -2.50. The number of amides is 3. The average molecular weight is 495 g/mol. The van der Waals surface area contributed by atoms with Gasteiger partial charge in [-0.05, 0) is 42.5 Å². The van der Waals surface area contributed by atoms with E-state index in [1.165, 1.54) is 19.1 Å². The van der Waals surface area contributed by atoms with Crippen molar-refractivity contribution in [1.82, 2.24) is 9.88 Å². The van der Waals surface area contributed by atoms with Crippen molar-refractivity contribution in [1.29, 1.82) is 0 Å². The highest BCUT2D eigenvalue weighted by atomic mass is 16.5. The molecule has 0 aliphatic carbocycles. The number of carbonyl (C=O) groups is 3. The summed E-state index contributed by atoms with van der Waals surface area (Å²) in [5, 5.41) is 3.70. The van der Waals surface area contributed by atoms with Gasteiger partial charge < -0.3 is 19.7 Å². The van der Waals surface area contributed by atoms with Crippen molar-refractivity contribution in [3.8, 4) is 11.5 Å². The molecule has 1 N–H and O–H groups in total. The molecule has 1 aromatic heterocycles. The molecular weight excluding hydrogens is 472 g/mol. The molecule has 0 spiro atoms. The molecule has 9 heteroatoms. The number of anilines is 2. The predicted octanol–water partition coefficient (Wildman–Crippen LogP) is 4.01. The van der Waals surface area contributed by atoms with Crippen molar-refractivity contribution in [2.24, 2.45) is 0 Å². The molecular formula is C28H22N4O5. The van der Waals surface area contributed by atoms with Crippen LogP contribution < -0.4 is 19.7 Å². The van der Waals surface area contributed by atoms with Gasteiger partial charge in [-0.3, -0.25) is 24.3 Å². The number of nitrogens with zero attached hydrogens (tertiary/aromatic N) is 3. The van der Waals surface area contributed by atoms with Gasteiger partial charge in [-0.25, -0.2) is 0 Å². The number of ether oxygens (including phenoxy) is 2. The maximum Gasteiger partial charge on any atom is 0.264 e. The second kappa shape index (κ2) is 8.63. The molecule has 9 nitrogen and oxygen atoms in total. The largest absolute Gasteiger partial charge is 0.493 e. The fourth-order valence-electron chi connectivity index (χ4n) is 5.14. The topological polar surface area (TPSA) is 101 Å². The number of nitrogens with one attached hydrogen (secondary N) is 1. The van der Waals surface area contributed by atoms with Crippen LogP contribution >= 0.6 is 0 Å². The number of hydrogen-bond acceptors (Lipinski definition) is 6. The number of rotatable bonds is 5. The van der Waals surface area contributed by atoms with Crippen LogP contribution in [-0.2, 0) is 4.79 Å². The third-order valence-corrected chi connectivity index (χ3v) is 6.72. The third kappa shape index (κ3) is 3.39. The monoisotopic (exact) mass is 494 g/mol. The molecule has 3 aromatic carbocycles. The number of hydrogen-bond donors (Lipinski definition) is 1. The number of para-hydroxylation sites is 1. The highest BCUT2D eigenvalue weighted by molar-refractivity contribution is 6.18. The lowest BCUT2D eigenvalue weighted by molar-refractivity contribution is -0.117. The zero-order valence-electron chi connectivity index (χ0n) is 20.1. The first kappa shape index (κ1) is 22.5. The van der Waals surface area contributed by atoms with E-state index in [0.29, 0.717) is 33.8 Å². The van der Waals surface area contributed by atoms with Crippen molar-refractivity contribution < 1.29 is 23.9 Å². The van der Waals surface area contributed by atoms with Crippen LogP contribution in [0.2, 0.25) is 0 Å². The van der Waals surface area contributed by atoms with E-state index < -0.39 is 12.1 Å². The van der Waals surface area contributed by atoms with E-state index in [9.17, 15) is 14.4 Å². The molecule has 0 saturated heterocycles. The number of fused-ring (bicyclic) bond motifs is 6. The molecule has 3 heterocycles. The third-order valence-electron chi connectivity index (χ3n) is 6.72. The van der Waals surface area contributed by atoms with Gasteiger partial charge in [-0.2, -0.15) is 0 Å². The lowest BCUT2D eigenvalue weighted by atomic mass is 10.0. The van der Waals surface area contributed by atoms with E-state index >= 15 is 0 Å². The van der Waals surface area contributed by atoms with E-state index in [1.807, 2.05) is 12.1 Å². The summed E-state index contributed by atoms with van der Waals surface area (Å²) >= 11 is 0. The van der Waals surface area contributed by atoms with Gasteiger partial charge in [0.2, 0.25) is 5.91 Å². The molecule has 0 fully saturated rings. The number of pyridine rings is 1. The molecule has 0 saturated carbocycles. The van der Waals surface area contributed by atoms with Gasteiger partial charge in [0, 0.05) is 17.1 Å². The Labute approximate surface area is 212 Å². The summed E-state index contributed by atoms with van der Waals surface area (Å²) in [5.41, 5.74) is 3.02. The van der Waals surface area contributed by atoms with Gasteiger partial charge in [0.25, 0.3) is 11.8 Å². The van der Waals surface area contributed by atoms with E-state index in [4.69, 9.17) is 9.47 Å². The number of methoxy groups -OCH3 is 2. The van der Waals surface area contributed by atoms with E-state index in [-0.39, 0.29) is 24.1 Å². The van der Waals surface area contributed by atoms with Crippen LogP contribution in [0.3, 0.4) is 0 Å².